The highest BCUT2D eigenvalue weighted by molar-refractivity contribution is 5.91. The number of amides is 2. The van der Waals surface area contributed by atoms with Gasteiger partial charge in [-0.1, -0.05) is 6.07 Å². The number of anilines is 1. The highest BCUT2D eigenvalue weighted by Crippen LogP contribution is 2.13. The minimum Gasteiger partial charge on any atom is -0.480 e. The van der Waals surface area contributed by atoms with Gasteiger partial charge in [-0.05, 0) is 24.6 Å². The van der Waals surface area contributed by atoms with Gasteiger partial charge in [0.25, 0.3) is 0 Å². The predicted octanol–water partition coefficient (Wildman–Crippen LogP) is 1.34. The maximum atomic E-state index is 13.1. The van der Waals surface area contributed by atoms with Crippen LogP contribution in [0.4, 0.5) is 14.9 Å². The number of hydrogen-bond donors (Lipinski definition) is 3. The van der Waals surface area contributed by atoms with Gasteiger partial charge in [0.1, 0.15) is 12.4 Å². The summed E-state index contributed by atoms with van der Waals surface area (Å²) < 4.78 is 13.1. The number of nitrogens with one attached hydrogen (secondary N) is 2. The second kappa shape index (κ2) is 5.11. The third-order valence-corrected chi connectivity index (χ3v) is 1.83. The molecule has 0 heterocycles. The van der Waals surface area contributed by atoms with Gasteiger partial charge >= 0.3 is 12.0 Å². The Labute approximate surface area is 91.3 Å². The van der Waals surface area contributed by atoms with Crippen LogP contribution in [0.15, 0.2) is 18.2 Å². The van der Waals surface area contributed by atoms with E-state index in [1.165, 1.54) is 12.1 Å². The van der Waals surface area contributed by atoms with E-state index >= 15 is 0 Å². The Balaban J connectivity index is 2.56. The Morgan fingerprint density at radius 1 is 1.44 bits per heavy atom. The zero-order chi connectivity index (χ0) is 12.1. The molecule has 1 aromatic rings. The molecule has 1 aromatic carbocycles. The topological polar surface area (TPSA) is 78.4 Å². The summed E-state index contributed by atoms with van der Waals surface area (Å²) in [6, 6.07) is 3.52. The largest absolute Gasteiger partial charge is 0.480 e. The molecule has 0 aliphatic carbocycles. The van der Waals surface area contributed by atoms with Gasteiger partial charge in [0.15, 0.2) is 0 Å². The van der Waals surface area contributed by atoms with Crippen molar-refractivity contribution < 1.29 is 19.1 Å². The van der Waals surface area contributed by atoms with E-state index < -0.39 is 24.4 Å². The Morgan fingerprint density at radius 3 is 2.69 bits per heavy atom. The quantitative estimate of drug-likeness (QED) is 0.727. The second-order valence-electron chi connectivity index (χ2n) is 3.17. The molecule has 0 spiro atoms. The number of carbonyl (C=O) groups is 2. The van der Waals surface area contributed by atoms with E-state index in [1.54, 1.807) is 6.92 Å². The van der Waals surface area contributed by atoms with Crippen LogP contribution in [0.5, 0.6) is 0 Å². The number of hydrogen-bond acceptors (Lipinski definition) is 2. The number of rotatable bonds is 3. The average Bonchev–Trinajstić information content (AvgIpc) is 2.21. The van der Waals surface area contributed by atoms with E-state index in [1.807, 2.05) is 0 Å². The van der Waals surface area contributed by atoms with Gasteiger partial charge in [-0.15, -0.1) is 0 Å². The van der Waals surface area contributed by atoms with E-state index in [4.69, 9.17) is 5.11 Å². The van der Waals surface area contributed by atoms with Crippen molar-refractivity contribution >= 4 is 17.7 Å². The molecule has 86 valence electrons. The van der Waals surface area contributed by atoms with E-state index in [2.05, 4.69) is 10.6 Å². The molecular formula is C10H11FN2O3. The zero-order valence-corrected chi connectivity index (χ0v) is 8.58. The van der Waals surface area contributed by atoms with E-state index in [9.17, 15) is 14.0 Å². The molecule has 5 nitrogen and oxygen atoms in total. The molecule has 0 fully saturated rings. The molecule has 1 rings (SSSR count). The lowest BCUT2D eigenvalue weighted by Crippen LogP contribution is -2.33. The molecule has 0 radical (unpaired) electrons. The lowest BCUT2D eigenvalue weighted by molar-refractivity contribution is -0.135. The zero-order valence-electron chi connectivity index (χ0n) is 8.58. The first-order valence-corrected chi connectivity index (χ1v) is 4.52. The fraction of sp³-hybridized carbons (Fsp3) is 0.200. The molecule has 0 saturated heterocycles. The summed E-state index contributed by atoms with van der Waals surface area (Å²) in [5.41, 5.74) is 0.738. The van der Waals surface area contributed by atoms with Crippen molar-refractivity contribution in [1.29, 1.82) is 0 Å². The van der Waals surface area contributed by atoms with Crippen molar-refractivity contribution in [3.8, 4) is 0 Å². The number of carboxylic acids is 1. The fourth-order valence-electron chi connectivity index (χ4n) is 1.00. The number of urea groups is 1. The van der Waals surface area contributed by atoms with Crippen molar-refractivity contribution in [2.75, 3.05) is 11.9 Å². The summed E-state index contributed by atoms with van der Waals surface area (Å²) in [5, 5.41) is 12.7. The summed E-state index contributed by atoms with van der Waals surface area (Å²) in [4.78, 5) is 21.3. The SMILES string of the molecule is Cc1ccc(NC(=O)NCC(=O)O)cc1F. The Kier molecular flexibility index (Phi) is 3.82. The molecule has 2 amide bonds. The van der Waals surface area contributed by atoms with Crippen LogP contribution in [0.25, 0.3) is 0 Å². The second-order valence-corrected chi connectivity index (χ2v) is 3.17. The van der Waals surface area contributed by atoms with Crippen molar-refractivity contribution in [3.63, 3.8) is 0 Å². The molecule has 0 bridgehead atoms. The van der Waals surface area contributed by atoms with Gasteiger partial charge in [-0.2, -0.15) is 0 Å². The molecule has 16 heavy (non-hydrogen) atoms. The van der Waals surface area contributed by atoms with Crippen LogP contribution in [0.2, 0.25) is 0 Å². The van der Waals surface area contributed by atoms with E-state index in [0.29, 0.717) is 5.56 Å². The third kappa shape index (κ3) is 3.56. The monoisotopic (exact) mass is 226 g/mol. The number of carboxylic acid groups (broad SMARTS) is 1. The Hall–Kier alpha value is -2.11. The minimum absolute atomic E-state index is 0.269. The standard InChI is InChI=1S/C10H11FN2O3/c1-6-2-3-7(4-8(6)11)13-10(16)12-5-9(14)15/h2-4H,5H2,1H3,(H,14,15)(H2,12,13,16). The normalized spacial score (nSPS) is 9.62. The van der Waals surface area contributed by atoms with Gasteiger partial charge in [0.2, 0.25) is 0 Å². The highest BCUT2D eigenvalue weighted by atomic mass is 19.1. The maximum Gasteiger partial charge on any atom is 0.323 e. The summed E-state index contributed by atoms with van der Waals surface area (Å²) in [6.07, 6.45) is 0. The number of aryl methyl sites for hydroxylation is 1. The number of carbonyl (C=O) groups excluding carboxylic acids is 1. The van der Waals surface area contributed by atoms with Crippen molar-refractivity contribution in [2.24, 2.45) is 0 Å². The molecule has 0 unspecified atom stereocenters. The first-order valence-electron chi connectivity index (χ1n) is 4.52. The Morgan fingerprint density at radius 2 is 2.12 bits per heavy atom. The van der Waals surface area contributed by atoms with Crippen molar-refractivity contribution in [1.82, 2.24) is 5.32 Å². The van der Waals surface area contributed by atoms with Crippen LogP contribution in [-0.2, 0) is 4.79 Å². The van der Waals surface area contributed by atoms with Gasteiger partial charge in [-0.3, -0.25) is 4.79 Å². The smallest absolute Gasteiger partial charge is 0.323 e. The molecule has 0 atom stereocenters. The van der Waals surface area contributed by atoms with Crippen LogP contribution >= 0.6 is 0 Å². The van der Waals surface area contributed by atoms with Crippen molar-refractivity contribution in [2.45, 2.75) is 6.92 Å². The molecule has 0 aliphatic heterocycles. The highest BCUT2D eigenvalue weighted by Gasteiger charge is 2.05. The fourth-order valence-corrected chi connectivity index (χ4v) is 1.00. The van der Waals surface area contributed by atoms with Crippen LogP contribution in [0.3, 0.4) is 0 Å². The Bertz CT molecular complexity index is 421. The third-order valence-electron chi connectivity index (χ3n) is 1.83. The van der Waals surface area contributed by atoms with E-state index in [-0.39, 0.29) is 5.69 Å². The average molecular weight is 226 g/mol. The maximum absolute atomic E-state index is 13.1. The number of halogens is 1. The van der Waals surface area contributed by atoms with Gasteiger partial charge in [-0.25, -0.2) is 9.18 Å². The molecule has 0 aromatic heterocycles. The molecule has 3 N–H and O–H groups in total. The number of aliphatic carboxylic acids is 1. The van der Waals surface area contributed by atoms with Gasteiger partial charge < -0.3 is 15.7 Å². The van der Waals surface area contributed by atoms with Crippen LogP contribution in [0, 0.1) is 12.7 Å². The summed E-state index contributed by atoms with van der Waals surface area (Å²) in [6.45, 7) is 1.11. The first-order chi connectivity index (χ1) is 7.49. The van der Waals surface area contributed by atoms with Crippen LogP contribution < -0.4 is 10.6 Å². The molecule has 0 saturated carbocycles. The minimum atomic E-state index is -1.15. The van der Waals surface area contributed by atoms with Crippen LogP contribution in [0.1, 0.15) is 5.56 Å². The van der Waals surface area contributed by atoms with Gasteiger partial charge in [0.05, 0.1) is 0 Å². The first kappa shape index (κ1) is 12.0. The molecule has 6 heteroatoms. The van der Waals surface area contributed by atoms with Gasteiger partial charge in [0, 0.05) is 5.69 Å². The molecular weight excluding hydrogens is 215 g/mol. The summed E-state index contributed by atoms with van der Waals surface area (Å²) in [7, 11) is 0. The number of benzene rings is 1. The lowest BCUT2D eigenvalue weighted by atomic mass is 10.2. The summed E-state index contributed by atoms with van der Waals surface area (Å²) in [5.74, 6) is -1.58. The predicted molar refractivity (Wildman–Crippen MR) is 55.8 cm³/mol. The molecule has 0 aliphatic rings. The van der Waals surface area contributed by atoms with E-state index in [0.717, 1.165) is 6.07 Å². The van der Waals surface area contributed by atoms with Crippen molar-refractivity contribution in [3.05, 3.63) is 29.6 Å². The summed E-state index contributed by atoms with van der Waals surface area (Å²) >= 11 is 0. The lowest BCUT2D eigenvalue weighted by Gasteiger charge is -2.06. The van der Waals surface area contributed by atoms with Crippen LogP contribution in [-0.4, -0.2) is 23.7 Å².